The van der Waals surface area contributed by atoms with Gasteiger partial charge in [-0.25, -0.2) is 0 Å². The average Bonchev–Trinajstić information content (AvgIpc) is 2.51. The average molecular weight is 310 g/mol. The second kappa shape index (κ2) is 7.55. The Balaban J connectivity index is 0.00000147. The van der Waals surface area contributed by atoms with Crippen molar-refractivity contribution in [3.8, 4) is 0 Å². The zero-order valence-corrected chi connectivity index (χ0v) is 13.6. The fourth-order valence-corrected chi connectivity index (χ4v) is 4.48. The largest absolute Gasteiger partial charge is 0.0622 e. The SMILES string of the molecule is [Ti].c1ccc(P(c2ccccc2)c2ccccc2)cc1. The van der Waals surface area contributed by atoms with Crippen LogP contribution < -0.4 is 15.9 Å². The summed E-state index contributed by atoms with van der Waals surface area (Å²) in [7, 11) is -0.446. The summed E-state index contributed by atoms with van der Waals surface area (Å²) in [6, 6.07) is 32.3. The second-order valence-electron chi connectivity index (χ2n) is 4.34. The van der Waals surface area contributed by atoms with E-state index in [1.54, 1.807) is 0 Å². The van der Waals surface area contributed by atoms with Crippen molar-refractivity contribution in [3.05, 3.63) is 91.0 Å². The van der Waals surface area contributed by atoms with Crippen LogP contribution in [0.1, 0.15) is 0 Å². The van der Waals surface area contributed by atoms with Crippen molar-refractivity contribution in [2.75, 3.05) is 0 Å². The van der Waals surface area contributed by atoms with Gasteiger partial charge in [0.1, 0.15) is 0 Å². The van der Waals surface area contributed by atoms with Crippen LogP contribution in [0.5, 0.6) is 0 Å². The van der Waals surface area contributed by atoms with E-state index in [0.29, 0.717) is 0 Å². The molecule has 0 atom stereocenters. The molecule has 0 bridgehead atoms. The molecule has 0 aliphatic carbocycles. The molecule has 96 valence electrons. The molecule has 0 N–H and O–H groups in total. The summed E-state index contributed by atoms with van der Waals surface area (Å²) >= 11 is 0. The second-order valence-corrected chi connectivity index (χ2v) is 6.56. The van der Waals surface area contributed by atoms with Crippen molar-refractivity contribution in [2.24, 2.45) is 0 Å². The molecule has 0 radical (unpaired) electrons. The zero-order chi connectivity index (χ0) is 12.9. The maximum atomic E-state index is 2.23. The summed E-state index contributed by atoms with van der Waals surface area (Å²) in [5.74, 6) is 0. The maximum absolute atomic E-state index is 2.23. The molecule has 2 heteroatoms. The molecule has 20 heavy (non-hydrogen) atoms. The van der Waals surface area contributed by atoms with Crippen LogP contribution in [-0.4, -0.2) is 0 Å². The quantitative estimate of drug-likeness (QED) is 0.513. The van der Waals surface area contributed by atoms with Crippen LogP contribution in [0.2, 0.25) is 0 Å². The molecule has 3 aromatic carbocycles. The van der Waals surface area contributed by atoms with Gasteiger partial charge < -0.3 is 0 Å². The Kier molecular flexibility index (Phi) is 5.74. The summed E-state index contributed by atoms with van der Waals surface area (Å²) in [5.41, 5.74) is 0. The Morgan fingerprint density at radius 2 is 0.650 bits per heavy atom. The monoisotopic (exact) mass is 310 g/mol. The van der Waals surface area contributed by atoms with Crippen molar-refractivity contribution >= 4 is 23.8 Å². The van der Waals surface area contributed by atoms with E-state index in [4.69, 9.17) is 0 Å². The van der Waals surface area contributed by atoms with Crippen molar-refractivity contribution < 1.29 is 21.7 Å². The molecule has 0 amide bonds. The Hall–Kier alpha value is -1.20. The molecular formula is C18H15PTi. The zero-order valence-electron chi connectivity index (χ0n) is 11.1. The van der Waals surface area contributed by atoms with E-state index in [2.05, 4.69) is 91.0 Å². The van der Waals surface area contributed by atoms with Crippen LogP contribution in [-0.2, 0) is 21.7 Å². The van der Waals surface area contributed by atoms with E-state index < -0.39 is 7.92 Å². The van der Waals surface area contributed by atoms with Crippen molar-refractivity contribution in [3.63, 3.8) is 0 Å². The third kappa shape index (κ3) is 3.47. The van der Waals surface area contributed by atoms with Gasteiger partial charge in [0.05, 0.1) is 0 Å². The van der Waals surface area contributed by atoms with Crippen molar-refractivity contribution in [2.45, 2.75) is 0 Å². The van der Waals surface area contributed by atoms with Gasteiger partial charge in [0.15, 0.2) is 0 Å². The molecular weight excluding hydrogens is 295 g/mol. The summed E-state index contributed by atoms with van der Waals surface area (Å²) in [5, 5.41) is 4.19. The number of hydrogen-bond acceptors (Lipinski definition) is 0. The van der Waals surface area contributed by atoms with Gasteiger partial charge in [0.25, 0.3) is 0 Å². The molecule has 0 aliphatic rings. The van der Waals surface area contributed by atoms with Gasteiger partial charge in [-0.1, -0.05) is 91.0 Å². The minimum Gasteiger partial charge on any atom is -0.0622 e. The van der Waals surface area contributed by atoms with Gasteiger partial charge in [0.2, 0.25) is 0 Å². The predicted molar refractivity (Wildman–Crippen MR) is 85.1 cm³/mol. The van der Waals surface area contributed by atoms with Gasteiger partial charge >= 0.3 is 0 Å². The van der Waals surface area contributed by atoms with Crippen molar-refractivity contribution in [1.82, 2.24) is 0 Å². The summed E-state index contributed by atoms with van der Waals surface area (Å²) < 4.78 is 0. The first-order valence-electron chi connectivity index (χ1n) is 6.40. The van der Waals surface area contributed by atoms with Gasteiger partial charge in [-0.2, -0.15) is 0 Å². The molecule has 0 heterocycles. The third-order valence-electron chi connectivity index (χ3n) is 3.04. The van der Waals surface area contributed by atoms with Crippen LogP contribution in [0, 0.1) is 0 Å². The van der Waals surface area contributed by atoms with Gasteiger partial charge in [-0.15, -0.1) is 0 Å². The standard InChI is InChI=1S/C18H15P.Ti/c1-4-10-16(11-5-1)19(17-12-6-2-7-13-17)18-14-8-3-9-15-18;/h1-15H;. The van der Waals surface area contributed by atoms with Crippen LogP contribution >= 0.6 is 7.92 Å². The molecule has 3 rings (SSSR count). The topological polar surface area (TPSA) is 0 Å². The molecule has 0 saturated carbocycles. The Morgan fingerprint density at radius 1 is 0.400 bits per heavy atom. The van der Waals surface area contributed by atoms with Gasteiger partial charge in [-0.3, -0.25) is 0 Å². The first-order chi connectivity index (χ1) is 9.45. The number of rotatable bonds is 3. The maximum Gasteiger partial charge on any atom is 0 e. The molecule has 0 aromatic heterocycles. The molecule has 0 unspecified atom stereocenters. The number of hydrogen-bond donors (Lipinski definition) is 0. The van der Waals surface area contributed by atoms with Crippen LogP contribution in [0.25, 0.3) is 0 Å². The predicted octanol–water partition coefficient (Wildman–Crippen LogP) is 3.44. The minimum absolute atomic E-state index is 0. The van der Waals surface area contributed by atoms with E-state index in [1.807, 2.05) is 0 Å². The number of benzene rings is 3. The molecule has 0 aliphatic heterocycles. The van der Waals surface area contributed by atoms with Crippen LogP contribution in [0.15, 0.2) is 91.0 Å². The van der Waals surface area contributed by atoms with E-state index in [1.165, 1.54) is 15.9 Å². The first-order valence-corrected chi connectivity index (χ1v) is 7.74. The summed E-state index contributed by atoms with van der Waals surface area (Å²) in [6.07, 6.45) is 0. The van der Waals surface area contributed by atoms with Gasteiger partial charge in [0, 0.05) is 21.7 Å². The fraction of sp³-hybridized carbons (Fsp3) is 0. The van der Waals surface area contributed by atoms with E-state index >= 15 is 0 Å². The van der Waals surface area contributed by atoms with Crippen molar-refractivity contribution in [1.29, 1.82) is 0 Å². The molecule has 0 spiro atoms. The summed E-state index contributed by atoms with van der Waals surface area (Å²) in [4.78, 5) is 0. The summed E-state index contributed by atoms with van der Waals surface area (Å²) in [6.45, 7) is 0. The molecule has 0 fully saturated rings. The van der Waals surface area contributed by atoms with Gasteiger partial charge in [-0.05, 0) is 23.8 Å². The molecule has 0 nitrogen and oxygen atoms in total. The normalized spacial score (nSPS) is 10.1. The molecule has 0 saturated heterocycles. The van der Waals surface area contributed by atoms with E-state index in [0.717, 1.165) is 0 Å². The Bertz CT molecular complexity index is 529. The van der Waals surface area contributed by atoms with Crippen LogP contribution in [0.4, 0.5) is 0 Å². The molecule has 3 aromatic rings. The van der Waals surface area contributed by atoms with Crippen LogP contribution in [0.3, 0.4) is 0 Å². The minimum atomic E-state index is -0.446. The Labute approximate surface area is 136 Å². The fourth-order valence-electron chi connectivity index (χ4n) is 2.18. The Morgan fingerprint density at radius 3 is 0.900 bits per heavy atom. The first kappa shape index (κ1) is 15.2. The third-order valence-corrected chi connectivity index (χ3v) is 5.49. The smallest absolute Gasteiger partial charge is 0 e. The van der Waals surface area contributed by atoms with E-state index in [9.17, 15) is 0 Å². The van der Waals surface area contributed by atoms with E-state index in [-0.39, 0.29) is 21.7 Å².